The van der Waals surface area contributed by atoms with Gasteiger partial charge in [0.15, 0.2) is 10.0 Å². The number of amides is 1. The maximum Gasteiger partial charge on any atom is 0.277 e. The van der Waals surface area contributed by atoms with E-state index in [1.165, 1.54) is 34.2 Å². The molecule has 4 aromatic rings. The Morgan fingerprint density at radius 3 is 2.69 bits per heavy atom. The van der Waals surface area contributed by atoms with Gasteiger partial charge in [-0.25, -0.2) is 18.4 Å². The van der Waals surface area contributed by atoms with Gasteiger partial charge in [0.2, 0.25) is 20.1 Å². The van der Waals surface area contributed by atoms with E-state index in [0.717, 1.165) is 17.5 Å². The third-order valence-electron chi connectivity index (χ3n) is 4.89. The summed E-state index contributed by atoms with van der Waals surface area (Å²) in [6.45, 7) is 3.92. The number of aromatic nitrogens is 4. The Hall–Kier alpha value is -2.86. The second kappa shape index (κ2) is 10.8. The largest absolute Gasteiger partial charge is 0.295 e. The highest BCUT2D eigenvalue weighted by Crippen LogP contribution is 2.29. The van der Waals surface area contributed by atoms with E-state index in [1.54, 1.807) is 18.2 Å². The van der Waals surface area contributed by atoms with Crippen molar-refractivity contribution in [1.82, 2.24) is 20.2 Å². The number of halogens is 1. The number of carbonyl (C=O) groups excluding carboxylic acids is 1. The zero-order chi connectivity index (χ0) is 25.0. The number of sulfone groups is 1. The van der Waals surface area contributed by atoms with Crippen LogP contribution < -0.4 is 5.32 Å². The van der Waals surface area contributed by atoms with Crippen LogP contribution in [-0.4, -0.2) is 34.5 Å². The monoisotopic (exact) mass is 545 g/mol. The van der Waals surface area contributed by atoms with E-state index in [1.807, 2.05) is 44.2 Å². The molecule has 2 aromatic carbocycles. The topological polar surface area (TPSA) is 115 Å². The zero-order valence-electron chi connectivity index (χ0n) is 18.7. The highest BCUT2D eigenvalue weighted by Gasteiger charge is 2.24. The second-order valence-electron chi connectivity index (χ2n) is 7.64. The van der Waals surface area contributed by atoms with Gasteiger partial charge in [-0.05, 0) is 30.5 Å². The minimum Gasteiger partial charge on any atom is -0.295 e. The highest BCUT2D eigenvalue weighted by molar-refractivity contribution is 8.00. The maximum atomic E-state index is 12.9. The Bertz CT molecular complexity index is 1490. The lowest BCUT2D eigenvalue weighted by molar-refractivity contribution is 0.102. The summed E-state index contributed by atoms with van der Waals surface area (Å²) in [4.78, 5) is 20.6. The van der Waals surface area contributed by atoms with Crippen molar-refractivity contribution in [1.29, 1.82) is 0 Å². The number of aryl methyl sites for hydroxylation is 2. The molecule has 0 unspecified atom stereocenters. The molecule has 0 aliphatic rings. The van der Waals surface area contributed by atoms with Crippen molar-refractivity contribution in [2.75, 3.05) is 5.32 Å². The van der Waals surface area contributed by atoms with Crippen LogP contribution in [0.1, 0.15) is 32.7 Å². The quantitative estimate of drug-likeness (QED) is 0.184. The third-order valence-corrected chi connectivity index (χ3v) is 8.66. The first-order valence-electron chi connectivity index (χ1n) is 10.3. The predicted molar refractivity (Wildman–Crippen MR) is 138 cm³/mol. The predicted octanol–water partition coefficient (Wildman–Crippen LogP) is 5.12. The summed E-state index contributed by atoms with van der Waals surface area (Å²) in [6.07, 6.45) is 1.11. The first-order valence-corrected chi connectivity index (χ1v) is 14.2. The lowest BCUT2D eigenvalue weighted by atomic mass is 10.1. The fourth-order valence-corrected chi connectivity index (χ4v) is 6.32. The van der Waals surface area contributed by atoms with Crippen LogP contribution in [0.15, 0.2) is 64.2 Å². The van der Waals surface area contributed by atoms with Crippen LogP contribution in [0.3, 0.4) is 0 Å². The highest BCUT2D eigenvalue weighted by atomic mass is 35.5. The number of thioether (sulfide) groups is 1. The van der Waals surface area contributed by atoms with Gasteiger partial charge in [-0.1, -0.05) is 88.8 Å². The van der Waals surface area contributed by atoms with Gasteiger partial charge in [-0.2, -0.15) is 0 Å². The number of carbonyl (C=O) groups is 1. The average molecular weight is 546 g/mol. The average Bonchev–Trinajstić information content (AvgIpc) is 3.25. The van der Waals surface area contributed by atoms with Crippen molar-refractivity contribution < 1.29 is 13.2 Å². The molecule has 1 N–H and O–H groups in total. The summed E-state index contributed by atoms with van der Waals surface area (Å²) in [5, 5.41) is 10.4. The fraction of sp³-hybridized carbons (Fsp3) is 0.174. The lowest BCUT2D eigenvalue weighted by Crippen LogP contribution is -2.18. The Balaban J connectivity index is 1.46. The van der Waals surface area contributed by atoms with Gasteiger partial charge in [0.25, 0.3) is 5.91 Å². The minimum atomic E-state index is -3.90. The van der Waals surface area contributed by atoms with Crippen molar-refractivity contribution in [2.45, 2.75) is 34.8 Å². The molecule has 180 valence electrons. The number of benzene rings is 2. The number of anilines is 1. The second-order valence-corrected chi connectivity index (χ2v) is 12.1. The van der Waals surface area contributed by atoms with E-state index >= 15 is 0 Å². The molecule has 0 spiro atoms. The normalized spacial score (nSPS) is 11.4. The van der Waals surface area contributed by atoms with Crippen molar-refractivity contribution >= 4 is 55.6 Å². The van der Waals surface area contributed by atoms with Crippen molar-refractivity contribution in [3.8, 4) is 0 Å². The maximum absolute atomic E-state index is 12.9. The van der Waals surface area contributed by atoms with Crippen molar-refractivity contribution in [3.05, 3.63) is 87.7 Å². The molecular weight excluding hydrogens is 526 g/mol. The molecule has 1 amide bonds. The molecule has 8 nitrogen and oxygen atoms in total. The van der Waals surface area contributed by atoms with E-state index in [9.17, 15) is 13.2 Å². The SMILES string of the molecule is Cc1cccc(CS(=O)(=O)c2ncc(Cl)c(C(=O)Nc3nnc(SCc4ccccc4C)s3)n2)c1. The Labute approximate surface area is 216 Å². The van der Waals surface area contributed by atoms with E-state index in [2.05, 4.69) is 25.5 Å². The van der Waals surface area contributed by atoms with E-state index in [4.69, 9.17) is 11.6 Å². The van der Waals surface area contributed by atoms with Crippen molar-refractivity contribution in [3.63, 3.8) is 0 Å². The molecule has 0 fully saturated rings. The number of nitrogens with zero attached hydrogens (tertiary/aromatic N) is 4. The summed E-state index contributed by atoms with van der Waals surface area (Å²) in [5.41, 5.74) is 3.64. The van der Waals surface area contributed by atoms with E-state index < -0.39 is 20.9 Å². The number of hydrogen-bond donors (Lipinski definition) is 1. The molecule has 12 heteroatoms. The molecule has 0 aliphatic carbocycles. The van der Waals surface area contributed by atoms with Gasteiger partial charge in [-0.3, -0.25) is 10.1 Å². The first kappa shape index (κ1) is 25.2. The van der Waals surface area contributed by atoms with Crippen molar-refractivity contribution in [2.24, 2.45) is 0 Å². The van der Waals surface area contributed by atoms with Crippen LogP contribution in [0.5, 0.6) is 0 Å². The first-order chi connectivity index (χ1) is 16.7. The van der Waals surface area contributed by atoms with Gasteiger partial charge >= 0.3 is 0 Å². The fourth-order valence-electron chi connectivity index (χ4n) is 3.13. The lowest BCUT2D eigenvalue weighted by Gasteiger charge is -2.07. The third kappa shape index (κ3) is 6.43. The number of hydrogen-bond acceptors (Lipinski definition) is 9. The zero-order valence-corrected chi connectivity index (χ0v) is 21.9. The Morgan fingerprint density at radius 2 is 1.91 bits per heavy atom. The van der Waals surface area contributed by atoms with E-state index in [0.29, 0.717) is 9.90 Å². The molecule has 0 saturated carbocycles. The van der Waals surface area contributed by atoms with Gasteiger partial charge in [0.1, 0.15) is 0 Å². The molecular formula is C23H20ClN5O3S3. The van der Waals surface area contributed by atoms with E-state index in [-0.39, 0.29) is 21.6 Å². The molecule has 2 heterocycles. The summed E-state index contributed by atoms with van der Waals surface area (Å²) >= 11 is 8.82. The Kier molecular flexibility index (Phi) is 7.80. The molecule has 0 atom stereocenters. The summed E-state index contributed by atoms with van der Waals surface area (Å²) in [5.74, 6) is -0.277. The number of nitrogens with one attached hydrogen (secondary N) is 1. The van der Waals surface area contributed by atoms with Gasteiger partial charge in [0, 0.05) is 5.75 Å². The molecule has 4 rings (SSSR count). The smallest absolute Gasteiger partial charge is 0.277 e. The molecule has 0 saturated heterocycles. The summed E-state index contributed by atoms with van der Waals surface area (Å²) < 4.78 is 26.4. The molecule has 35 heavy (non-hydrogen) atoms. The number of rotatable bonds is 8. The van der Waals surface area contributed by atoms with Gasteiger partial charge in [-0.15, -0.1) is 10.2 Å². The molecule has 0 bridgehead atoms. The van der Waals surface area contributed by atoms with Gasteiger partial charge in [0.05, 0.1) is 17.0 Å². The summed E-state index contributed by atoms with van der Waals surface area (Å²) in [7, 11) is -3.90. The Morgan fingerprint density at radius 1 is 1.11 bits per heavy atom. The molecule has 2 aromatic heterocycles. The molecule has 0 radical (unpaired) electrons. The van der Waals surface area contributed by atoms with Crippen LogP contribution in [-0.2, 0) is 21.3 Å². The summed E-state index contributed by atoms with van der Waals surface area (Å²) in [6, 6.07) is 15.2. The van der Waals surface area contributed by atoms with Crippen LogP contribution >= 0.6 is 34.7 Å². The standard InChI is InChI=1S/C23H20ClN5O3S3/c1-14-6-5-8-16(10-14)13-35(31,32)22-25-11-18(24)19(26-22)20(30)27-21-28-29-23(34-21)33-12-17-9-4-3-7-15(17)2/h3-11H,12-13H2,1-2H3,(H,27,28,30). The van der Waals surface area contributed by atoms with Crippen LogP contribution in [0.4, 0.5) is 5.13 Å². The van der Waals surface area contributed by atoms with Gasteiger partial charge < -0.3 is 0 Å². The van der Waals surface area contributed by atoms with Crippen LogP contribution in [0, 0.1) is 13.8 Å². The minimum absolute atomic E-state index is 0.0735. The van der Waals surface area contributed by atoms with Crippen LogP contribution in [0.25, 0.3) is 0 Å². The van der Waals surface area contributed by atoms with Crippen LogP contribution in [0.2, 0.25) is 5.02 Å². The molecule has 0 aliphatic heterocycles.